The van der Waals surface area contributed by atoms with E-state index in [1.807, 2.05) is 13.3 Å². The Balaban J connectivity index is 1.41. The molecule has 1 aliphatic heterocycles. The molecule has 0 amide bonds. The van der Waals surface area contributed by atoms with Gasteiger partial charge >= 0.3 is 0 Å². The molecule has 23 heavy (non-hydrogen) atoms. The lowest BCUT2D eigenvalue weighted by molar-refractivity contribution is 0.0821. The first kappa shape index (κ1) is 15.3. The van der Waals surface area contributed by atoms with Crippen molar-refractivity contribution in [1.82, 2.24) is 19.4 Å². The Hall–Kier alpha value is -1.24. The second kappa shape index (κ2) is 6.34. The first-order valence-corrected chi connectivity index (χ1v) is 9.28. The summed E-state index contributed by atoms with van der Waals surface area (Å²) in [6.07, 6.45) is 4.74. The molecular formula is C17H24N4OS. The highest BCUT2D eigenvalue weighted by molar-refractivity contribution is 7.09. The molecule has 0 bridgehead atoms. The predicted octanol–water partition coefficient (Wildman–Crippen LogP) is 2.71. The van der Waals surface area contributed by atoms with Gasteiger partial charge in [0.15, 0.2) is 0 Å². The van der Waals surface area contributed by atoms with Gasteiger partial charge in [-0.3, -0.25) is 4.90 Å². The molecule has 0 spiro atoms. The molecule has 1 atom stereocenters. The van der Waals surface area contributed by atoms with Gasteiger partial charge in [-0.25, -0.2) is 9.97 Å². The van der Waals surface area contributed by atoms with Gasteiger partial charge in [-0.2, -0.15) is 0 Å². The Kier molecular flexibility index (Phi) is 4.22. The summed E-state index contributed by atoms with van der Waals surface area (Å²) < 4.78 is 8.17. The predicted molar refractivity (Wildman–Crippen MR) is 90.5 cm³/mol. The minimum atomic E-state index is 0.407. The minimum absolute atomic E-state index is 0.407. The lowest BCUT2D eigenvalue weighted by Crippen LogP contribution is -2.37. The molecule has 2 aromatic rings. The summed E-state index contributed by atoms with van der Waals surface area (Å²) in [5, 5.41) is 3.19. The van der Waals surface area contributed by atoms with Gasteiger partial charge < -0.3 is 9.30 Å². The van der Waals surface area contributed by atoms with Crippen molar-refractivity contribution in [2.24, 2.45) is 13.0 Å². The molecule has 0 N–H and O–H groups in total. The molecule has 5 nitrogen and oxygen atoms in total. The van der Waals surface area contributed by atoms with E-state index < -0.39 is 0 Å². The number of ether oxygens (including phenoxy) is 1. The van der Waals surface area contributed by atoms with Crippen molar-refractivity contribution in [2.45, 2.75) is 38.8 Å². The van der Waals surface area contributed by atoms with Crippen LogP contribution < -0.4 is 0 Å². The molecule has 6 heteroatoms. The maximum absolute atomic E-state index is 6.00. The number of nitrogens with zero attached hydrogens (tertiary/aromatic N) is 4. The van der Waals surface area contributed by atoms with Gasteiger partial charge in [-0.05, 0) is 25.7 Å². The highest BCUT2D eigenvalue weighted by Gasteiger charge is 2.32. The van der Waals surface area contributed by atoms with Gasteiger partial charge in [0.05, 0.1) is 35.9 Å². The van der Waals surface area contributed by atoms with Crippen LogP contribution in [-0.4, -0.2) is 39.1 Å². The highest BCUT2D eigenvalue weighted by atomic mass is 32.1. The molecule has 2 aromatic heterocycles. The zero-order chi connectivity index (χ0) is 15.8. The molecule has 1 fully saturated rings. The third-order valence-corrected chi connectivity index (χ3v) is 5.57. The summed E-state index contributed by atoms with van der Waals surface area (Å²) in [5.41, 5.74) is 3.63. The van der Waals surface area contributed by atoms with Crippen LogP contribution in [0.15, 0.2) is 11.7 Å². The fourth-order valence-corrected chi connectivity index (χ4v) is 4.12. The second-order valence-electron chi connectivity index (χ2n) is 6.89. The van der Waals surface area contributed by atoms with Crippen molar-refractivity contribution in [2.75, 3.05) is 19.7 Å². The monoisotopic (exact) mass is 332 g/mol. The quantitative estimate of drug-likeness (QED) is 0.816. The van der Waals surface area contributed by atoms with Crippen LogP contribution in [0.5, 0.6) is 0 Å². The highest BCUT2D eigenvalue weighted by Crippen LogP contribution is 2.34. The van der Waals surface area contributed by atoms with E-state index in [1.165, 1.54) is 30.8 Å². The summed E-state index contributed by atoms with van der Waals surface area (Å²) in [4.78, 5) is 11.6. The average Bonchev–Trinajstić information content (AvgIpc) is 3.12. The molecule has 4 rings (SSSR count). The van der Waals surface area contributed by atoms with Crippen LogP contribution in [-0.2, 0) is 24.9 Å². The number of imidazole rings is 1. The van der Waals surface area contributed by atoms with Crippen molar-refractivity contribution in [3.8, 4) is 0 Å². The SMILES string of the molecule is Cc1nc(COC[C@H]2CN(CC3CC3)Cc3ncn(C)c32)cs1. The number of hydrogen-bond donors (Lipinski definition) is 0. The lowest BCUT2D eigenvalue weighted by Gasteiger charge is -2.32. The Morgan fingerprint density at radius 1 is 1.39 bits per heavy atom. The molecule has 2 aliphatic rings. The molecule has 0 saturated heterocycles. The van der Waals surface area contributed by atoms with E-state index in [-0.39, 0.29) is 0 Å². The van der Waals surface area contributed by atoms with Crippen molar-refractivity contribution in [3.05, 3.63) is 33.8 Å². The number of aryl methyl sites for hydroxylation is 2. The van der Waals surface area contributed by atoms with Crippen molar-refractivity contribution in [1.29, 1.82) is 0 Å². The number of thiazole rings is 1. The Bertz CT molecular complexity index is 676. The molecule has 124 valence electrons. The number of hydrogen-bond acceptors (Lipinski definition) is 5. The first-order chi connectivity index (χ1) is 11.2. The smallest absolute Gasteiger partial charge is 0.0949 e. The van der Waals surface area contributed by atoms with Gasteiger partial charge in [0.25, 0.3) is 0 Å². The minimum Gasteiger partial charge on any atom is -0.374 e. The van der Waals surface area contributed by atoms with E-state index in [0.717, 1.165) is 36.3 Å². The fourth-order valence-electron chi connectivity index (χ4n) is 3.52. The molecule has 3 heterocycles. The van der Waals surface area contributed by atoms with Crippen LogP contribution >= 0.6 is 11.3 Å². The normalized spacial score (nSPS) is 21.6. The molecular weight excluding hydrogens is 308 g/mol. The maximum Gasteiger partial charge on any atom is 0.0949 e. The van der Waals surface area contributed by atoms with Gasteiger partial charge in [0.1, 0.15) is 0 Å². The average molecular weight is 332 g/mol. The summed E-state index contributed by atoms with van der Waals surface area (Å²) in [6.45, 7) is 6.68. The first-order valence-electron chi connectivity index (χ1n) is 8.40. The number of aromatic nitrogens is 3. The van der Waals surface area contributed by atoms with E-state index in [9.17, 15) is 0 Å². The topological polar surface area (TPSA) is 43.2 Å². The lowest BCUT2D eigenvalue weighted by atomic mass is 9.98. The molecule has 1 aliphatic carbocycles. The Morgan fingerprint density at radius 3 is 3.00 bits per heavy atom. The van der Waals surface area contributed by atoms with E-state index in [4.69, 9.17) is 4.74 Å². The third kappa shape index (κ3) is 3.49. The zero-order valence-corrected chi connectivity index (χ0v) is 14.7. The zero-order valence-electron chi connectivity index (χ0n) is 13.9. The Morgan fingerprint density at radius 2 is 2.26 bits per heavy atom. The van der Waals surface area contributed by atoms with Crippen LogP contribution in [0.25, 0.3) is 0 Å². The molecule has 0 aromatic carbocycles. The van der Waals surface area contributed by atoms with Gasteiger partial charge in [0, 0.05) is 43.7 Å². The summed E-state index contributed by atoms with van der Waals surface area (Å²) in [7, 11) is 2.10. The standard InChI is InChI=1S/C17H24N4OS/c1-12-19-15(10-23-12)9-22-8-14-6-21(5-13-3-4-13)7-16-17(14)20(2)11-18-16/h10-11,13-14H,3-9H2,1-2H3/t14-/m1/s1. The van der Waals surface area contributed by atoms with Crippen molar-refractivity contribution in [3.63, 3.8) is 0 Å². The van der Waals surface area contributed by atoms with Gasteiger partial charge in [0.2, 0.25) is 0 Å². The summed E-state index contributed by atoms with van der Waals surface area (Å²) in [6, 6.07) is 0. The molecule has 0 unspecified atom stereocenters. The van der Waals surface area contributed by atoms with Crippen LogP contribution in [0.2, 0.25) is 0 Å². The summed E-state index contributed by atoms with van der Waals surface area (Å²) in [5.74, 6) is 1.32. The number of rotatable bonds is 6. The van der Waals surface area contributed by atoms with Crippen LogP contribution in [0.1, 0.15) is 40.8 Å². The number of fused-ring (bicyclic) bond motifs is 1. The van der Waals surface area contributed by atoms with Crippen molar-refractivity contribution < 1.29 is 4.74 Å². The molecule has 0 radical (unpaired) electrons. The molecule has 1 saturated carbocycles. The van der Waals surface area contributed by atoms with Crippen LogP contribution in [0.3, 0.4) is 0 Å². The largest absolute Gasteiger partial charge is 0.374 e. The van der Waals surface area contributed by atoms with Gasteiger partial charge in [-0.15, -0.1) is 11.3 Å². The van der Waals surface area contributed by atoms with E-state index in [0.29, 0.717) is 12.5 Å². The van der Waals surface area contributed by atoms with E-state index >= 15 is 0 Å². The van der Waals surface area contributed by atoms with Crippen LogP contribution in [0, 0.1) is 12.8 Å². The second-order valence-corrected chi connectivity index (χ2v) is 7.96. The van der Waals surface area contributed by atoms with E-state index in [2.05, 4.69) is 31.9 Å². The van der Waals surface area contributed by atoms with Crippen molar-refractivity contribution >= 4 is 11.3 Å². The third-order valence-electron chi connectivity index (χ3n) is 4.75. The summed E-state index contributed by atoms with van der Waals surface area (Å²) >= 11 is 1.68. The maximum atomic E-state index is 6.00. The van der Waals surface area contributed by atoms with Gasteiger partial charge in [-0.1, -0.05) is 0 Å². The Labute approximate surface area is 141 Å². The fraction of sp³-hybridized carbons (Fsp3) is 0.647. The van der Waals surface area contributed by atoms with E-state index in [1.54, 1.807) is 11.3 Å². The van der Waals surface area contributed by atoms with Crippen LogP contribution in [0.4, 0.5) is 0 Å².